The molecule has 0 spiro atoms. The van der Waals surface area contributed by atoms with E-state index in [0.717, 1.165) is 0 Å². The minimum Gasteiger partial charge on any atom is -0.466 e. The average molecular weight is 357 g/mol. The molecule has 0 aliphatic carbocycles. The molecule has 0 unspecified atom stereocenters. The van der Waals surface area contributed by atoms with Gasteiger partial charge in [-0.25, -0.2) is 0 Å². The lowest BCUT2D eigenvalue weighted by Crippen LogP contribution is -2.15. The Balaban J connectivity index is 3.41. The molecule has 1 aromatic rings. The zero-order valence-corrected chi connectivity index (χ0v) is 12.3. The number of alkyl halides is 6. The molecule has 0 atom stereocenters. The molecule has 0 saturated carbocycles. The van der Waals surface area contributed by atoms with Gasteiger partial charge in [0.2, 0.25) is 0 Å². The highest BCUT2D eigenvalue weighted by Crippen LogP contribution is 2.42. The first-order chi connectivity index (χ1) is 10.5. The monoisotopic (exact) mass is 357 g/mol. The summed E-state index contributed by atoms with van der Waals surface area (Å²) >= 11 is -0.716. The minimum atomic E-state index is -4.92. The molecule has 0 aliphatic heterocycles. The van der Waals surface area contributed by atoms with E-state index >= 15 is 0 Å². The summed E-state index contributed by atoms with van der Waals surface area (Å²) in [5.41, 5.74) is -7.57. The highest BCUT2D eigenvalue weighted by atomic mass is 32.2. The van der Waals surface area contributed by atoms with E-state index in [-0.39, 0.29) is 6.61 Å². The number of nitriles is 1. The summed E-state index contributed by atoms with van der Waals surface area (Å²) in [5.74, 6) is -1.01. The molecule has 0 fully saturated rings. The van der Waals surface area contributed by atoms with Gasteiger partial charge in [0.05, 0.1) is 24.2 Å². The van der Waals surface area contributed by atoms with Crippen molar-refractivity contribution in [3.05, 3.63) is 28.8 Å². The summed E-state index contributed by atoms with van der Waals surface area (Å²) in [6.07, 6.45) is -5.77. The third-order valence-corrected chi connectivity index (χ3v) is 3.29. The Hall–Kier alpha value is -1.89. The number of carbonyl (C=O) groups excluding carboxylic acids is 1. The Morgan fingerprint density at radius 3 is 2.30 bits per heavy atom. The van der Waals surface area contributed by atoms with Crippen LogP contribution in [0.4, 0.5) is 26.3 Å². The van der Waals surface area contributed by atoms with Crippen LogP contribution in [-0.4, -0.2) is 18.1 Å². The van der Waals surface area contributed by atoms with Crippen molar-refractivity contribution in [3.8, 4) is 6.07 Å². The van der Waals surface area contributed by atoms with Crippen LogP contribution in [0.25, 0.3) is 0 Å². The molecule has 0 amide bonds. The molecule has 0 aliphatic rings. The molecule has 0 N–H and O–H groups in total. The van der Waals surface area contributed by atoms with Crippen molar-refractivity contribution < 1.29 is 35.9 Å². The van der Waals surface area contributed by atoms with E-state index in [1.165, 1.54) is 13.0 Å². The van der Waals surface area contributed by atoms with Crippen molar-refractivity contribution in [1.29, 1.82) is 5.26 Å². The molecule has 126 valence electrons. The van der Waals surface area contributed by atoms with Crippen molar-refractivity contribution in [1.82, 2.24) is 0 Å². The Bertz CT molecular complexity index is 633. The maximum absolute atomic E-state index is 13.0. The summed E-state index contributed by atoms with van der Waals surface area (Å²) in [5, 5.41) is 8.77. The van der Waals surface area contributed by atoms with Crippen molar-refractivity contribution in [2.24, 2.45) is 0 Å². The highest BCUT2D eigenvalue weighted by molar-refractivity contribution is 8.00. The summed E-state index contributed by atoms with van der Waals surface area (Å²) < 4.78 is 80.8. The lowest BCUT2D eigenvalue weighted by atomic mass is 10.0. The molecular formula is C13H9F6NO2S. The van der Waals surface area contributed by atoms with E-state index < -0.39 is 57.4 Å². The van der Waals surface area contributed by atoms with Gasteiger partial charge >= 0.3 is 17.7 Å². The standard InChI is InChI=1S/C13H9F6NO2S/c1-2-22-11(21)5-7-4-10(23-13(17,18)19)8(6-20)3-9(7)12(14,15)16/h3-4H,2,5H2,1H3. The molecule has 10 heteroatoms. The molecule has 0 bridgehead atoms. The third kappa shape index (κ3) is 5.67. The van der Waals surface area contributed by atoms with E-state index in [9.17, 15) is 31.1 Å². The number of thioether (sulfide) groups is 1. The molecule has 0 saturated heterocycles. The molecular weight excluding hydrogens is 348 g/mol. The van der Waals surface area contributed by atoms with Crippen molar-refractivity contribution >= 4 is 17.7 Å². The summed E-state index contributed by atoms with van der Waals surface area (Å²) in [6, 6.07) is 2.16. The second-order valence-electron chi connectivity index (χ2n) is 4.14. The quantitative estimate of drug-likeness (QED) is 0.458. The van der Waals surface area contributed by atoms with Crippen LogP contribution in [0.1, 0.15) is 23.6 Å². The van der Waals surface area contributed by atoms with E-state index in [0.29, 0.717) is 12.1 Å². The van der Waals surface area contributed by atoms with Gasteiger partial charge in [-0.2, -0.15) is 31.6 Å². The predicted octanol–water partition coefficient (Wildman–Crippen LogP) is 4.29. The number of hydrogen-bond donors (Lipinski definition) is 0. The van der Waals surface area contributed by atoms with Crippen molar-refractivity contribution in [2.45, 2.75) is 29.9 Å². The van der Waals surface area contributed by atoms with Crippen molar-refractivity contribution in [2.75, 3.05) is 6.61 Å². The zero-order valence-electron chi connectivity index (χ0n) is 11.5. The molecule has 0 aromatic heterocycles. The molecule has 1 aromatic carbocycles. The molecule has 23 heavy (non-hydrogen) atoms. The van der Waals surface area contributed by atoms with Crippen LogP contribution in [0.3, 0.4) is 0 Å². The van der Waals surface area contributed by atoms with Crippen LogP contribution in [0, 0.1) is 11.3 Å². The largest absolute Gasteiger partial charge is 0.466 e. The van der Waals surface area contributed by atoms with Gasteiger partial charge in [0.15, 0.2) is 0 Å². The lowest BCUT2D eigenvalue weighted by Gasteiger charge is -2.16. The van der Waals surface area contributed by atoms with Gasteiger partial charge in [0.25, 0.3) is 0 Å². The van der Waals surface area contributed by atoms with Crippen LogP contribution >= 0.6 is 11.8 Å². The fourth-order valence-electron chi connectivity index (χ4n) is 1.70. The number of hydrogen-bond acceptors (Lipinski definition) is 4. The second-order valence-corrected chi connectivity index (χ2v) is 5.25. The van der Waals surface area contributed by atoms with Crippen molar-refractivity contribution in [3.63, 3.8) is 0 Å². The average Bonchev–Trinajstić information content (AvgIpc) is 2.35. The van der Waals surface area contributed by atoms with Gasteiger partial charge in [-0.1, -0.05) is 0 Å². The highest BCUT2D eigenvalue weighted by Gasteiger charge is 2.37. The van der Waals surface area contributed by atoms with Crippen LogP contribution < -0.4 is 0 Å². The van der Waals surface area contributed by atoms with E-state index in [2.05, 4.69) is 4.74 Å². The first-order valence-electron chi connectivity index (χ1n) is 6.03. The fraction of sp³-hybridized carbons (Fsp3) is 0.385. The predicted molar refractivity (Wildman–Crippen MR) is 68.4 cm³/mol. The number of ether oxygens (including phenoxy) is 1. The van der Waals surface area contributed by atoms with Gasteiger partial charge in [-0.3, -0.25) is 4.79 Å². The second kappa shape index (κ2) is 7.12. The summed E-state index contributed by atoms with van der Waals surface area (Å²) in [6.45, 7) is 1.35. The number of carbonyl (C=O) groups is 1. The summed E-state index contributed by atoms with van der Waals surface area (Å²) in [4.78, 5) is 10.7. The Morgan fingerprint density at radius 1 is 1.26 bits per heavy atom. The number of rotatable bonds is 4. The van der Waals surface area contributed by atoms with Gasteiger partial charge in [-0.15, -0.1) is 0 Å². The van der Waals surface area contributed by atoms with Crippen LogP contribution in [0.5, 0.6) is 0 Å². The van der Waals surface area contributed by atoms with E-state index in [4.69, 9.17) is 5.26 Å². The molecule has 0 radical (unpaired) electrons. The summed E-state index contributed by atoms with van der Waals surface area (Å²) in [7, 11) is 0. The number of benzene rings is 1. The molecule has 0 heterocycles. The topological polar surface area (TPSA) is 50.1 Å². The zero-order chi connectivity index (χ0) is 17.8. The minimum absolute atomic E-state index is 0.0827. The first kappa shape index (κ1) is 19.2. The molecule has 3 nitrogen and oxygen atoms in total. The number of esters is 1. The lowest BCUT2D eigenvalue weighted by molar-refractivity contribution is -0.143. The van der Waals surface area contributed by atoms with Gasteiger partial charge in [-0.05, 0) is 36.4 Å². The Kier molecular flexibility index (Phi) is 5.93. The Labute approximate surface area is 131 Å². The van der Waals surface area contributed by atoms with Crippen LogP contribution in [-0.2, 0) is 22.1 Å². The van der Waals surface area contributed by atoms with Crippen LogP contribution in [0.2, 0.25) is 0 Å². The Morgan fingerprint density at radius 2 is 1.87 bits per heavy atom. The van der Waals surface area contributed by atoms with Crippen LogP contribution in [0.15, 0.2) is 17.0 Å². The smallest absolute Gasteiger partial charge is 0.446 e. The normalized spacial score (nSPS) is 11.9. The number of halogens is 6. The first-order valence-corrected chi connectivity index (χ1v) is 6.85. The van der Waals surface area contributed by atoms with Gasteiger partial charge in [0, 0.05) is 4.90 Å². The SMILES string of the molecule is CCOC(=O)Cc1cc(SC(F)(F)F)c(C#N)cc1C(F)(F)F. The third-order valence-electron chi connectivity index (χ3n) is 2.50. The fourth-order valence-corrected chi connectivity index (χ4v) is 2.36. The maximum atomic E-state index is 13.0. The van der Waals surface area contributed by atoms with Gasteiger partial charge in [0.1, 0.15) is 6.07 Å². The maximum Gasteiger partial charge on any atom is 0.446 e. The number of nitrogens with zero attached hydrogens (tertiary/aromatic N) is 1. The van der Waals surface area contributed by atoms with E-state index in [1.54, 1.807) is 0 Å². The van der Waals surface area contributed by atoms with Gasteiger partial charge < -0.3 is 4.74 Å². The molecule has 1 rings (SSSR count). The van der Waals surface area contributed by atoms with E-state index in [1.807, 2.05) is 0 Å².